The average molecular weight is 512 g/mol. The predicted octanol–water partition coefficient (Wildman–Crippen LogP) is 6.90. The molecule has 6 nitrogen and oxygen atoms in total. The van der Waals surface area contributed by atoms with Crippen molar-refractivity contribution in [3.8, 4) is 11.5 Å². The maximum absolute atomic E-state index is 14.4. The monoisotopic (exact) mass is 511 g/mol. The molecule has 6 rings (SSSR count). The van der Waals surface area contributed by atoms with Gasteiger partial charge in [-0.25, -0.2) is 13.9 Å². The minimum atomic E-state index is -0.555. The van der Waals surface area contributed by atoms with Crippen molar-refractivity contribution in [1.82, 2.24) is 19.2 Å². The highest BCUT2D eigenvalue weighted by Gasteiger charge is 2.36. The standard InChI is InChI=1S/C29H23ClFN5O/c1-19-25-18-35(29(37)32-23-11-6-9-21(30)17-23)27(20-8-5-10-22(31)16-20)26-14-7-15-34(26)28(25)36(33-19)24-12-3-2-4-13-24/h2-17,27H,18H2,1H3,(H,32,37)/t27-/m1/s1. The number of halogens is 2. The van der Waals surface area contributed by atoms with Crippen LogP contribution in [0.4, 0.5) is 14.9 Å². The van der Waals surface area contributed by atoms with E-state index in [0.29, 0.717) is 16.3 Å². The summed E-state index contributed by atoms with van der Waals surface area (Å²) in [4.78, 5) is 15.6. The van der Waals surface area contributed by atoms with Crippen LogP contribution in [0, 0.1) is 12.7 Å². The number of nitrogens with zero attached hydrogens (tertiary/aromatic N) is 4. The Hall–Kier alpha value is -4.36. The van der Waals surface area contributed by atoms with Crippen LogP contribution in [0.1, 0.15) is 28.6 Å². The Bertz CT molecular complexity index is 1610. The van der Waals surface area contributed by atoms with Crippen molar-refractivity contribution in [3.05, 3.63) is 131 Å². The largest absolute Gasteiger partial charge is 0.322 e. The highest BCUT2D eigenvalue weighted by atomic mass is 35.5. The van der Waals surface area contributed by atoms with E-state index in [1.54, 1.807) is 35.2 Å². The lowest BCUT2D eigenvalue weighted by molar-refractivity contribution is 0.194. The lowest BCUT2D eigenvalue weighted by Gasteiger charge is -2.31. The van der Waals surface area contributed by atoms with Crippen LogP contribution in [0.2, 0.25) is 5.02 Å². The fourth-order valence-electron chi connectivity index (χ4n) is 4.94. The van der Waals surface area contributed by atoms with Gasteiger partial charge in [0.1, 0.15) is 11.6 Å². The summed E-state index contributed by atoms with van der Waals surface area (Å²) >= 11 is 6.16. The molecule has 0 saturated heterocycles. The lowest BCUT2D eigenvalue weighted by atomic mass is 10.0. The van der Waals surface area contributed by atoms with Gasteiger partial charge in [0.15, 0.2) is 0 Å². The summed E-state index contributed by atoms with van der Waals surface area (Å²) in [6, 6.07) is 26.3. The van der Waals surface area contributed by atoms with Gasteiger partial charge in [-0.15, -0.1) is 0 Å². The number of carbonyl (C=O) groups is 1. The zero-order chi connectivity index (χ0) is 25.5. The minimum Gasteiger partial charge on any atom is -0.308 e. The Labute approximate surface area is 218 Å². The van der Waals surface area contributed by atoms with Crippen molar-refractivity contribution < 1.29 is 9.18 Å². The number of hydrogen-bond donors (Lipinski definition) is 1. The topological polar surface area (TPSA) is 55.1 Å². The number of amides is 2. The van der Waals surface area contributed by atoms with Crippen molar-refractivity contribution >= 4 is 23.3 Å². The first kappa shape index (κ1) is 23.1. The van der Waals surface area contributed by atoms with Crippen molar-refractivity contribution in [2.45, 2.75) is 19.5 Å². The van der Waals surface area contributed by atoms with E-state index in [0.717, 1.165) is 28.5 Å². The Kier molecular flexibility index (Phi) is 5.77. The zero-order valence-electron chi connectivity index (χ0n) is 20.0. The molecule has 3 aromatic carbocycles. The number of rotatable bonds is 3. The van der Waals surface area contributed by atoms with Gasteiger partial charge in [-0.3, -0.25) is 0 Å². The van der Waals surface area contributed by atoms with Gasteiger partial charge in [0.2, 0.25) is 0 Å². The average Bonchev–Trinajstić information content (AvgIpc) is 3.45. The molecule has 37 heavy (non-hydrogen) atoms. The molecule has 0 fully saturated rings. The maximum atomic E-state index is 14.4. The molecule has 5 aromatic rings. The van der Waals surface area contributed by atoms with E-state index in [4.69, 9.17) is 16.7 Å². The number of nitrogens with one attached hydrogen (secondary N) is 1. The van der Waals surface area contributed by atoms with Gasteiger partial charge in [0.25, 0.3) is 0 Å². The molecule has 0 radical (unpaired) electrons. The summed E-state index contributed by atoms with van der Waals surface area (Å²) < 4.78 is 18.4. The van der Waals surface area contributed by atoms with E-state index in [-0.39, 0.29) is 18.4 Å². The molecular formula is C29H23ClFN5O. The summed E-state index contributed by atoms with van der Waals surface area (Å²) in [6.45, 7) is 2.21. The normalized spacial score (nSPS) is 14.6. The Balaban J connectivity index is 1.54. The van der Waals surface area contributed by atoms with Crippen LogP contribution >= 0.6 is 11.6 Å². The number of benzene rings is 3. The third-order valence-corrected chi connectivity index (χ3v) is 6.82. The number of aromatic nitrogens is 3. The van der Waals surface area contributed by atoms with Crippen molar-refractivity contribution in [1.29, 1.82) is 0 Å². The van der Waals surface area contributed by atoms with Crippen LogP contribution in [0.5, 0.6) is 0 Å². The van der Waals surface area contributed by atoms with Crippen LogP contribution in [0.15, 0.2) is 97.2 Å². The summed E-state index contributed by atoms with van der Waals surface area (Å²) in [7, 11) is 0. The SMILES string of the molecule is Cc1nn(-c2ccccc2)c2c1CN(C(=O)Nc1cccc(Cl)c1)[C@H](c1cccc(F)c1)c1cccn1-2. The van der Waals surface area contributed by atoms with E-state index in [1.807, 2.05) is 70.9 Å². The van der Waals surface area contributed by atoms with Crippen LogP contribution < -0.4 is 5.32 Å². The number of fused-ring (bicyclic) bond motifs is 3. The second-order valence-electron chi connectivity index (χ2n) is 8.96. The molecule has 0 saturated carbocycles. The first-order valence-corrected chi connectivity index (χ1v) is 12.3. The Morgan fingerprint density at radius 1 is 1.00 bits per heavy atom. The van der Waals surface area contributed by atoms with Crippen LogP contribution in [0.3, 0.4) is 0 Å². The van der Waals surface area contributed by atoms with Gasteiger partial charge in [0, 0.05) is 22.5 Å². The van der Waals surface area contributed by atoms with Crippen molar-refractivity contribution in [2.75, 3.05) is 5.32 Å². The minimum absolute atomic E-state index is 0.267. The molecular weight excluding hydrogens is 489 g/mol. The molecule has 3 heterocycles. The van der Waals surface area contributed by atoms with Crippen molar-refractivity contribution in [3.63, 3.8) is 0 Å². The number of aryl methyl sites for hydroxylation is 1. The second kappa shape index (κ2) is 9.26. The molecule has 1 aliphatic rings. The Morgan fingerprint density at radius 2 is 1.81 bits per heavy atom. The number of hydrogen-bond acceptors (Lipinski definition) is 2. The van der Waals surface area contributed by atoms with Gasteiger partial charge in [-0.1, -0.05) is 48.0 Å². The quantitative estimate of drug-likeness (QED) is 0.286. The van der Waals surface area contributed by atoms with Crippen LogP contribution in [-0.4, -0.2) is 25.3 Å². The van der Waals surface area contributed by atoms with Gasteiger partial charge in [0.05, 0.1) is 29.7 Å². The van der Waals surface area contributed by atoms with E-state index >= 15 is 0 Å². The number of carbonyl (C=O) groups excluding carboxylic acids is 1. The molecule has 8 heteroatoms. The molecule has 0 aliphatic carbocycles. The highest BCUT2D eigenvalue weighted by molar-refractivity contribution is 6.30. The Morgan fingerprint density at radius 3 is 2.59 bits per heavy atom. The first-order valence-electron chi connectivity index (χ1n) is 11.9. The maximum Gasteiger partial charge on any atom is 0.322 e. The molecule has 184 valence electrons. The van der Waals surface area contributed by atoms with Gasteiger partial charge in [-0.05, 0) is 67.1 Å². The lowest BCUT2D eigenvalue weighted by Crippen LogP contribution is -2.38. The fraction of sp³-hybridized carbons (Fsp3) is 0.103. The summed E-state index contributed by atoms with van der Waals surface area (Å²) in [5.74, 6) is 0.488. The highest BCUT2D eigenvalue weighted by Crippen LogP contribution is 2.39. The molecule has 0 bridgehead atoms. The van der Waals surface area contributed by atoms with Gasteiger partial charge >= 0.3 is 6.03 Å². The van der Waals surface area contributed by atoms with Crippen LogP contribution in [0.25, 0.3) is 11.5 Å². The number of anilines is 1. The van der Waals surface area contributed by atoms with E-state index in [9.17, 15) is 9.18 Å². The molecule has 1 aliphatic heterocycles. The molecule has 0 spiro atoms. The molecule has 1 atom stereocenters. The molecule has 2 amide bonds. The predicted molar refractivity (Wildman–Crippen MR) is 142 cm³/mol. The summed E-state index contributed by atoms with van der Waals surface area (Å²) in [5, 5.41) is 8.34. The second-order valence-corrected chi connectivity index (χ2v) is 9.40. The summed E-state index contributed by atoms with van der Waals surface area (Å²) in [6.07, 6.45) is 1.96. The molecule has 1 N–H and O–H groups in total. The van der Waals surface area contributed by atoms with E-state index in [2.05, 4.69) is 5.32 Å². The van der Waals surface area contributed by atoms with E-state index in [1.165, 1.54) is 12.1 Å². The molecule has 0 unspecified atom stereocenters. The third kappa shape index (κ3) is 4.17. The van der Waals surface area contributed by atoms with Crippen molar-refractivity contribution in [2.24, 2.45) is 0 Å². The zero-order valence-corrected chi connectivity index (χ0v) is 20.7. The van der Waals surface area contributed by atoms with Gasteiger partial charge < -0.3 is 14.8 Å². The van der Waals surface area contributed by atoms with E-state index < -0.39 is 6.04 Å². The summed E-state index contributed by atoms with van der Waals surface area (Å²) in [5.41, 5.74) is 4.68. The first-order chi connectivity index (χ1) is 18.0. The number of urea groups is 1. The van der Waals surface area contributed by atoms with Gasteiger partial charge in [-0.2, -0.15) is 5.10 Å². The fourth-order valence-corrected chi connectivity index (χ4v) is 5.13. The number of para-hydroxylation sites is 1. The third-order valence-electron chi connectivity index (χ3n) is 6.59. The molecule has 2 aromatic heterocycles. The van der Waals surface area contributed by atoms with Crippen LogP contribution in [-0.2, 0) is 6.54 Å². The smallest absolute Gasteiger partial charge is 0.308 e.